The van der Waals surface area contributed by atoms with Crippen molar-refractivity contribution in [1.82, 2.24) is 14.7 Å². The number of aryl methyl sites for hydroxylation is 1. The van der Waals surface area contributed by atoms with Gasteiger partial charge < -0.3 is 19.4 Å². The second-order valence-electron chi connectivity index (χ2n) is 6.51. The number of nitrogens with one attached hydrogen (secondary N) is 1. The molecular weight excluding hydrogens is 476 g/mol. The highest BCUT2D eigenvalue weighted by Gasteiger charge is 2.22. The maximum atomic E-state index is 12.6. The lowest BCUT2D eigenvalue weighted by atomic mass is 10.3. The smallest absolute Gasteiger partial charge is 0.291 e. The summed E-state index contributed by atoms with van der Waals surface area (Å²) < 4.78 is 13.6. The summed E-state index contributed by atoms with van der Waals surface area (Å²) in [6.45, 7) is 2.46. The van der Waals surface area contributed by atoms with Crippen LogP contribution in [0.1, 0.15) is 33.7 Å². The third-order valence-corrected chi connectivity index (χ3v) is 4.93. The quantitative estimate of drug-likeness (QED) is 0.523. The van der Waals surface area contributed by atoms with Gasteiger partial charge in [0.05, 0.1) is 16.9 Å². The Hall–Kier alpha value is -2.78. The highest BCUT2D eigenvalue weighted by molar-refractivity contribution is 9.10. The summed E-state index contributed by atoms with van der Waals surface area (Å²) in [6, 6.07) is 8.45. The van der Waals surface area contributed by atoms with Gasteiger partial charge in [0, 0.05) is 25.1 Å². The van der Waals surface area contributed by atoms with E-state index < -0.39 is 5.91 Å². The summed E-state index contributed by atoms with van der Waals surface area (Å²) in [6.07, 6.45) is 1.45. The molecule has 0 atom stereocenters. The van der Waals surface area contributed by atoms with Crippen molar-refractivity contribution in [2.75, 3.05) is 19.4 Å². The van der Waals surface area contributed by atoms with Crippen LogP contribution in [0.2, 0.25) is 5.02 Å². The summed E-state index contributed by atoms with van der Waals surface area (Å²) in [5, 5.41) is 7.30. The van der Waals surface area contributed by atoms with E-state index in [1.807, 2.05) is 13.0 Å². The Balaban J connectivity index is 1.70. The average molecular weight is 496 g/mol. The number of halogens is 2. The third-order valence-electron chi connectivity index (χ3n) is 4.15. The van der Waals surface area contributed by atoms with Gasteiger partial charge in [-0.05, 0) is 37.3 Å². The minimum absolute atomic E-state index is 0.0861. The van der Waals surface area contributed by atoms with Crippen molar-refractivity contribution in [1.29, 1.82) is 0 Å². The summed E-state index contributed by atoms with van der Waals surface area (Å²) in [4.78, 5) is 26.5. The molecule has 2 aromatic heterocycles. The maximum absolute atomic E-state index is 12.6. The van der Waals surface area contributed by atoms with Crippen molar-refractivity contribution in [3.63, 3.8) is 0 Å². The summed E-state index contributed by atoms with van der Waals surface area (Å²) in [5.41, 5.74) is 0.618. The van der Waals surface area contributed by atoms with Crippen LogP contribution >= 0.6 is 27.5 Å². The van der Waals surface area contributed by atoms with Crippen LogP contribution < -0.4 is 10.1 Å². The minimum Gasteiger partial charge on any atom is -0.484 e. The molecule has 0 unspecified atom stereocenters. The minimum atomic E-state index is -0.494. The van der Waals surface area contributed by atoms with Crippen LogP contribution in [0.3, 0.4) is 0 Å². The summed E-state index contributed by atoms with van der Waals surface area (Å²) in [7, 11) is 3.27. The monoisotopic (exact) mass is 494 g/mol. The lowest BCUT2D eigenvalue weighted by Gasteiger charge is -2.13. The van der Waals surface area contributed by atoms with E-state index in [1.165, 1.54) is 21.8 Å². The first-order valence-electron chi connectivity index (χ1n) is 9.05. The predicted octanol–water partition coefficient (Wildman–Crippen LogP) is 4.45. The second-order valence-corrected chi connectivity index (χ2v) is 7.83. The van der Waals surface area contributed by atoms with Crippen molar-refractivity contribution in [2.45, 2.75) is 20.1 Å². The van der Waals surface area contributed by atoms with Crippen molar-refractivity contribution in [3.05, 3.63) is 63.2 Å². The summed E-state index contributed by atoms with van der Waals surface area (Å²) in [5.74, 6) is 0.285. The van der Waals surface area contributed by atoms with Gasteiger partial charge in [0.1, 0.15) is 23.8 Å². The standard InChI is InChI=1S/C20H20BrClN4O4/c1-4-26-18(20(28)25(2)3)15(10-23-26)24-19(27)17-8-6-13(30-17)11-29-16-7-5-12(21)9-14(16)22/h5-10H,4,11H2,1-3H3,(H,24,27). The van der Waals surface area contributed by atoms with Crippen molar-refractivity contribution >= 4 is 45.0 Å². The van der Waals surface area contributed by atoms with Crippen LogP contribution in [0.25, 0.3) is 0 Å². The Morgan fingerprint density at radius 1 is 1.30 bits per heavy atom. The SMILES string of the molecule is CCn1ncc(NC(=O)c2ccc(COc3ccc(Br)cc3Cl)o2)c1C(=O)N(C)C. The van der Waals surface area contributed by atoms with Crippen LogP contribution in [0.15, 0.2) is 45.4 Å². The number of anilines is 1. The lowest BCUT2D eigenvalue weighted by molar-refractivity contribution is 0.0816. The van der Waals surface area contributed by atoms with Crippen molar-refractivity contribution in [2.24, 2.45) is 0 Å². The molecule has 0 aliphatic rings. The number of benzene rings is 1. The Kier molecular flexibility index (Phi) is 6.84. The number of ether oxygens (including phenoxy) is 1. The molecule has 1 aromatic carbocycles. The molecule has 0 saturated heterocycles. The van der Waals surface area contributed by atoms with Gasteiger partial charge in [0.25, 0.3) is 11.8 Å². The lowest BCUT2D eigenvalue weighted by Crippen LogP contribution is -2.26. The molecule has 0 aliphatic heterocycles. The highest BCUT2D eigenvalue weighted by atomic mass is 79.9. The number of hydrogen-bond acceptors (Lipinski definition) is 5. The van der Waals surface area contributed by atoms with E-state index in [-0.39, 0.29) is 18.3 Å². The zero-order valence-electron chi connectivity index (χ0n) is 16.6. The van der Waals surface area contributed by atoms with Gasteiger partial charge >= 0.3 is 0 Å². The van der Waals surface area contributed by atoms with E-state index in [4.69, 9.17) is 20.8 Å². The van der Waals surface area contributed by atoms with Gasteiger partial charge in [-0.3, -0.25) is 14.3 Å². The number of hydrogen-bond donors (Lipinski definition) is 1. The van der Waals surface area contributed by atoms with Crippen LogP contribution in [0.5, 0.6) is 5.75 Å². The first-order chi connectivity index (χ1) is 14.3. The van der Waals surface area contributed by atoms with Gasteiger partial charge in [-0.2, -0.15) is 5.10 Å². The molecule has 3 aromatic rings. The van der Waals surface area contributed by atoms with Crippen LogP contribution in [-0.2, 0) is 13.2 Å². The Labute approximate surface area is 186 Å². The number of carbonyl (C=O) groups excluding carboxylic acids is 2. The molecule has 0 fully saturated rings. The third kappa shape index (κ3) is 4.85. The maximum Gasteiger partial charge on any atom is 0.291 e. The molecule has 30 heavy (non-hydrogen) atoms. The van der Waals surface area contributed by atoms with E-state index >= 15 is 0 Å². The van der Waals surface area contributed by atoms with Crippen LogP contribution in [-0.4, -0.2) is 40.6 Å². The van der Waals surface area contributed by atoms with E-state index in [0.717, 1.165) is 4.47 Å². The Morgan fingerprint density at radius 3 is 2.73 bits per heavy atom. The molecule has 8 nitrogen and oxygen atoms in total. The van der Waals surface area contributed by atoms with Crippen LogP contribution in [0.4, 0.5) is 5.69 Å². The molecule has 0 radical (unpaired) electrons. The van der Waals surface area contributed by atoms with E-state index in [2.05, 4.69) is 26.3 Å². The molecule has 1 N–H and O–H groups in total. The van der Waals surface area contributed by atoms with E-state index in [0.29, 0.717) is 34.5 Å². The number of carbonyl (C=O) groups is 2. The molecule has 0 aliphatic carbocycles. The van der Waals surface area contributed by atoms with Crippen molar-refractivity contribution in [3.8, 4) is 5.75 Å². The number of aromatic nitrogens is 2. The van der Waals surface area contributed by atoms with E-state index in [1.54, 1.807) is 32.3 Å². The zero-order valence-corrected chi connectivity index (χ0v) is 19.0. The molecule has 0 spiro atoms. The molecule has 158 valence electrons. The predicted molar refractivity (Wildman–Crippen MR) is 116 cm³/mol. The van der Waals surface area contributed by atoms with E-state index in [9.17, 15) is 9.59 Å². The molecular formula is C20H20BrClN4O4. The Morgan fingerprint density at radius 2 is 2.07 bits per heavy atom. The molecule has 2 amide bonds. The van der Waals surface area contributed by atoms with Gasteiger partial charge in [-0.25, -0.2) is 0 Å². The average Bonchev–Trinajstić information content (AvgIpc) is 3.33. The fourth-order valence-corrected chi connectivity index (χ4v) is 3.38. The number of nitrogens with zero attached hydrogens (tertiary/aromatic N) is 3. The zero-order chi connectivity index (χ0) is 21.8. The van der Waals surface area contributed by atoms with Gasteiger partial charge in [-0.15, -0.1) is 0 Å². The Bertz CT molecular complexity index is 1080. The first-order valence-corrected chi connectivity index (χ1v) is 10.2. The van der Waals surface area contributed by atoms with Gasteiger partial charge in [-0.1, -0.05) is 27.5 Å². The van der Waals surface area contributed by atoms with Gasteiger partial charge in [0.2, 0.25) is 0 Å². The molecule has 3 rings (SSSR count). The fraction of sp³-hybridized carbons (Fsp3) is 0.250. The largest absolute Gasteiger partial charge is 0.484 e. The normalized spacial score (nSPS) is 10.7. The van der Waals surface area contributed by atoms with Crippen LogP contribution in [0, 0.1) is 0 Å². The topological polar surface area (TPSA) is 89.6 Å². The fourth-order valence-electron chi connectivity index (χ4n) is 2.66. The number of amides is 2. The molecule has 10 heteroatoms. The van der Waals surface area contributed by atoms with Crippen molar-refractivity contribution < 1.29 is 18.7 Å². The second kappa shape index (κ2) is 9.36. The summed E-state index contributed by atoms with van der Waals surface area (Å²) >= 11 is 9.46. The number of rotatable bonds is 7. The molecule has 0 bridgehead atoms. The van der Waals surface area contributed by atoms with Gasteiger partial charge in [0.15, 0.2) is 5.76 Å². The number of furan rings is 1. The first kappa shape index (κ1) is 21.9. The molecule has 0 saturated carbocycles. The highest BCUT2D eigenvalue weighted by Crippen LogP contribution is 2.28. The molecule has 2 heterocycles.